The molecule has 0 saturated carbocycles. The standard InChI is InChI=1S/C11H13FN2O/c1-11(6-13-10(15)14-7-11)8-3-2-4-9(12)5-8/h2-5H,6-7H2,1H3,(H2,13,14,15). The first-order valence-corrected chi connectivity index (χ1v) is 4.88. The number of halogens is 1. The number of carbonyl (C=O) groups excluding carboxylic acids is 1. The van der Waals surface area contributed by atoms with Gasteiger partial charge in [-0.05, 0) is 17.7 Å². The maximum absolute atomic E-state index is 13.1. The summed E-state index contributed by atoms with van der Waals surface area (Å²) >= 11 is 0. The van der Waals surface area contributed by atoms with Crippen molar-refractivity contribution in [3.8, 4) is 0 Å². The van der Waals surface area contributed by atoms with Crippen molar-refractivity contribution < 1.29 is 9.18 Å². The predicted molar refractivity (Wildman–Crippen MR) is 55.2 cm³/mol. The minimum Gasteiger partial charge on any atom is -0.337 e. The number of amides is 2. The number of nitrogens with one attached hydrogen (secondary N) is 2. The van der Waals surface area contributed by atoms with Crippen LogP contribution in [0.2, 0.25) is 0 Å². The summed E-state index contributed by atoms with van der Waals surface area (Å²) in [7, 11) is 0. The first-order chi connectivity index (χ1) is 7.10. The Labute approximate surface area is 87.7 Å². The fourth-order valence-electron chi connectivity index (χ4n) is 1.74. The van der Waals surface area contributed by atoms with Crippen molar-refractivity contribution in [3.63, 3.8) is 0 Å². The summed E-state index contributed by atoms with van der Waals surface area (Å²) in [5, 5.41) is 5.44. The van der Waals surface area contributed by atoms with E-state index < -0.39 is 0 Å². The van der Waals surface area contributed by atoms with E-state index in [1.165, 1.54) is 12.1 Å². The number of carbonyl (C=O) groups is 1. The minimum atomic E-state index is -0.245. The van der Waals surface area contributed by atoms with Crippen LogP contribution in [0.25, 0.3) is 0 Å². The maximum Gasteiger partial charge on any atom is 0.314 e. The lowest BCUT2D eigenvalue weighted by Crippen LogP contribution is -2.55. The van der Waals surface area contributed by atoms with Gasteiger partial charge in [0.05, 0.1) is 0 Å². The molecule has 1 saturated heterocycles. The lowest BCUT2D eigenvalue weighted by Gasteiger charge is -2.34. The van der Waals surface area contributed by atoms with Gasteiger partial charge in [-0.1, -0.05) is 19.1 Å². The molecule has 1 aliphatic rings. The van der Waals surface area contributed by atoms with Crippen LogP contribution < -0.4 is 10.6 Å². The molecule has 1 aliphatic heterocycles. The summed E-state index contributed by atoms with van der Waals surface area (Å²) in [6.45, 7) is 3.05. The molecule has 4 heteroatoms. The first kappa shape index (κ1) is 9.96. The Bertz CT molecular complexity index is 382. The Balaban J connectivity index is 2.25. The largest absolute Gasteiger partial charge is 0.337 e. The molecule has 15 heavy (non-hydrogen) atoms. The van der Waals surface area contributed by atoms with Crippen LogP contribution in [0.5, 0.6) is 0 Å². The monoisotopic (exact) mass is 208 g/mol. The second-order valence-electron chi connectivity index (χ2n) is 4.11. The summed E-state index contributed by atoms with van der Waals surface area (Å²) in [4.78, 5) is 11.0. The third-order valence-corrected chi connectivity index (χ3v) is 2.80. The van der Waals surface area contributed by atoms with E-state index in [9.17, 15) is 9.18 Å². The molecular formula is C11H13FN2O. The second-order valence-corrected chi connectivity index (χ2v) is 4.11. The van der Waals surface area contributed by atoms with Crippen LogP contribution in [-0.4, -0.2) is 19.1 Å². The van der Waals surface area contributed by atoms with E-state index in [0.29, 0.717) is 13.1 Å². The molecule has 2 N–H and O–H groups in total. The molecule has 1 aromatic carbocycles. The average molecular weight is 208 g/mol. The lowest BCUT2D eigenvalue weighted by atomic mass is 9.81. The molecule has 80 valence electrons. The van der Waals surface area contributed by atoms with E-state index in [-0.39, 0.29) is 17.3 Å². The average Bonchev–Trinajstić information content (AvgIpc) is 2.23. The molecule has 0 unspecified atom stereocenters. The van der Waals surface area contributed by atoms with E-state index in [1.54, 1.807) is 6.07 Å². The Morgan fingerprint density at radius 3 is 2.60 bits per heavy atom. The van der Waals surface area contributed by atoms with Crippen molar-refractivity contribution in [3.05, 3.63) is 35.6 Å². The molecule has 1 heterocycles. The first-order valence-electron chi connectivity index (χ1n) is 4.88. The van der Waals surface area contributed by atoms with Gasteiger partial charge in [0.15, 0.2) is 0 Å². The van der Waals surface area contributed by atoms with E-state index in [4.69, 9.17) is 0 Å². The van der Waals surface area contributed by atoms with Crippen molar-refractivity contribution in [1.82, 2.24) is 10.6 Å². The fourth-order valence-corrected chi connectivity index (χ4v) is 1.74. The van der Waals surface area contributed by atoms with E-state index >= 15 is 0 Å². The third kappa shape index (κ3) is 1.93. The zero-order valence-electron chi connectivity index (χ0n) is 8.51. The normalized spacial score (nSPS) is 19.2. The van der Waals surface area contributed by atoms with Gasteiger partial charge >= 0.3 is 6.03 Å². The van der Waals surface area contributed by atoms with Crippen molar-refractivity contribution in [1.29, 1.82) is 0 Å². The third-order valence-electron chi connectivity index (χ3n) is 2.80. The summed E-state index contributed by atoms with van der Waals surface area (Å²) in [5.74, 6) is -0.245. The number of urea groups is 1. The molecule has 0 radical (unpaired) electrons. The predicted octanol–water partition coefficient (Wildman–Crippen LogP) is 1.40. The zero-order chi connectivity index (χ0) is 10.9. The number of rotatable bonds is 1. The van der Waals surface area contributed by atoms with E-state index in [1.807, 2.05) is 13.0 Å². The maximum atomic E-state index is 13.1. The smallest absolute Gasteiger partial charge is 0.314 e. The topological polar surface area (TPSA) is 41.1 Å². The van der Waals surface area contributed by atoms with Gasteiger partial charge < -0.3 is 10.6 Å². The molecule has 3 nitrogen and oxygen atoms in total. The van der Waals surface area contributed by atoms with Crippen molar-refractivity contribution >= 4 is 6.03 Å². The van der Waals surface area contributed by atoms with Crippen LogP contribution in [0.4, 0.5) is 9.18 Å². The number of benzene rings is 1. The molecular weight excluding hydrogens is 195 g/mol. The highest BCUT2D eigenvalue weighted by Gasteiger charge is 2.31. The number of hydrogen-bond donors (Lipinski definition) is 2. The van der Waals surface area contributed by atoms with E-state index in [2.05, 4.69) is 10.6 Å². The van der Waals surface area contributed by atoms with Crippen LogP contribution in [0.1, 0.15) is 12.5 Å². The Morgan fingerprint density at radius 2 is 2.00 bits per heavy atom. The van der Waals surface area contributed by atoms with Gasteiger partial charge in [0.2, 0.25) is 0 Å². The van der Waals surface area contributed by atoms with Gasteiger partial charge in [0.25, 0.3) is 0 Å². The molecule has 0 aliphatic carbocycles. The molecule has 1 fully saturated rings. The Kier molecular flexibility index (Phi) is 2.34. The van der Waals surface area contributed by atoms with Crippen LogP contribution in [0.3, 0.4) is 0 Å². The van der Waals surface area contributed by atoms with Crippen molar-refractivity contribution in [2.75, 3.05) is 13.1 Å². The summed E-state index contributed by atoms with van der Waals surface area (Å²) in [5.41, 5.74) is 0.658. The quantitative estimate of drug-likeness (QED) is 0.719. The van der Waals surface area contributed by atoms with Gasteiger partial charge in [-0.25, -0.2) is 9.18 Å². The molecule has 1 aromatic rings. The molecule has 0 atom stereocenters. The van der Waals surface area contributed by atoms with Gasteiger partial charge in [-0.15, -0.1) is 0 Å². The van der Waals surface area contributed by atoms with Gasteiger partial charge in [-0.2, -0.15) is 0 Å². The minimum absolute atomic E-state index is 0.163. The highest BCUT2D eigenvalue weighted by molar-refractivity contribution is 5.75. The SMILES string of the molecule is CC1(c2cccc(F)c2)CNC(=O)NC1. The van der Waals surface area contributed by atoms with Crippen molar-refractivity contribution in [2.45, 2.75) is 12.3 Å². The molecule has 0 bridgehead atoms. The summed E-state index contributed by atoms with van der Waals surface area (Å²) in [6, 6.07) is 6.33. The highest BCUT2D eigenvalue weighted by Crippen LogP contribution is 2.24. The van der Waals surface area contributed by atoms with Crippen LogP contribution in [-0.2, 0) is 5.41 Å². The van der Waals surface area contributed by atoms with Crippen LogP contribution in [0, 0.1) is 5.82 Å². The Morgan fingerprint density at radius 1 is 1.33 bits per heavy atom. The lowest BCUT2D eigenvalue weighted by molar-refractivity contribution is 0.225. The van der Waals surface area contributed by atoms with Crippen molar-refractivity contribution in [2.24, 2.45) is 0 Å². The second kappa shape index (κ2) is 3.53. The molecule has 2 amide bonds. The van der Waals surface area contributed by atoms with Gasteiger partial charge in [-0.3, -0.25) is 0 Å². The highest BCUT2D eigenvalue weighted by atomic mass is 19.1. The summed E-state index contributed by atoms with van der Waals surface area (Å²) in [6.07, 6.45) is 0. The summed E-state index contributed by atoms with van der Waals surface area (Å²) < 4.78 is 13.1. The Hall–Kier alpha value is -1.58. The molecule has 2 rings (SSSR count). The van der Waals surface area contributed by atoms with Crippen LogP contribution >= 0.6 is 0 Å². The fraction of sp³-hybridized carbons (Fsp3) is 0.364. The molecule has 0 aromatic heterocycles. The molecule has 0 spiro atoms. The van der Waals surface area contributed by atoms with Crippen LogP contribution in [0.15, 0.2) is 24.3 Å². The number of hydrogen-bond acceptors (Lipinski definition) is 1. The van der Waals surface area contributed by atoms with E-state index in [0.717, 1.165) is 5.56 Å². The van der Waals surface area contributed by atoms with Gasteiger partial charge in [0, 0.05) is 18.5 Å². The zero-order valence-corrected chi connectivity index (χ0v) is 8.51. The van der Waals surface area contributed by atoms with Gasteiger partial charge in [0.1, 0.15) is 5.82 Å².